The largest absolute Gasteiger partial charge is 0.493 e. The van der Waals surface area contributed by atoms with E-state index < -0.39 is 12.2 Å². The van der Waals surface area contributed by atoms with Crippen molar-refractivity contribution in [1.29, 1.82) is 0 Å². The number of carbonyl (C=O) groups is 2. The van der Waals surface area contributed by atoms with E-state index >= 15 is 0 Å². The Kier molecular flexibility index (Phi) is 10.1. The summed E-state index contributed by atoms with van der Waals surface area (Å²) in [6.07, 6.45) is 0.0211. The summed E-state index contributed by atoms with van der Waals surface area (Å²) in [5.74, 6) is 0.892. The summed E-state index contributed by atoms with van der Waals surface area (Å²) >= 11 is 0. The smallest absolute Gasteiger partial charge is 0.417 e. The van der Waals surface area contributed by atoms with Crippen LogP contribution in [0.1, 0.15) is 25.0 Å². The van der Waals surface area contributed by atoms with Crippen LogP contribution in [-0.2, 0) is 27.1 Å². The second kappa shape index (κ2) is 13.8. The van der Waals surface area contributed by atoms with E-state index in [-0.39, 0.29) is 5.97 Å². The zero-order valence-corrected chi connectivity index (χ0v) is 20.1. The van der Waals surface area contributed by atoms with Crippen LogP contribution < -0.4 is 14.8 Å². The van der Waals surface area contributed by atoms with Crippen molar-refractivity contribution in [2.75, 3.05) is 25.1 Å². The summed E-state index contributed by atoms with van der Waals surface area (Å²) in [6.45, 7) is 4.91. The van der Waals surface area contributed by atoms with Crippen LogP contribution in [0.3, 0.4) is 0 Å². The molecule has 0 aliphatic heterocycles. The number of anilines is 1. The fraction of sp³-hybridized carbons (Fsp3) is 0.286. The summed E-state index contributed by atoms with van der Waals surface area (Å²) in [7, 11) is 0. The fourth-order valence-electron chi connectivity index (χ4n) is 3.36. The van der Waals surface area contributed by atoms with Crippen LogP contribution in [0, 0.1) is 0 Å². The van der Waals surface area contributed by atoms with Gasteiger partial charge >= 0.3 is 12.1 Å². The first-order valence-electron chi connectivity index (χ1n) is 11.7. The van der Waals surface area contributed by atoms with Gasteiger partial charge in [0.15, 0.2) is 6.10 Å². The number of benzene rings is 3. The van der Waals surface area contributed by atoms with Gasteiger partial charge in [0.1, 0.15) is 11.5 Å². The average molecular weight is 478 g/mol. The van der Waals surface area contributed by atoms with E-state index in [1.54, 1.807) is 31.2 Å². The molecule has 0 heterocycles. The highest BCUT2D eigenvalue weighted by molar-refractivity contribution is 5.86. The van der Waals surface area contributed by atoms with Gasteiger partial charge in [-0.15, -0.1) is 0 Å². The molecule has 184 valence electrons. The van der Waals surface area contributed by atoms with Gasteiger partial charge in [0, 0.05) is 25.1 Å². The van der Waals surface area contributed by atoms with E-state index in [0.717, 1.165) is 16.9 Å². The van der Waals surface area contributed by atoms with E-state index in [2.05, 4.69) is 5.32 Å². The quantitative estimate of drug-likeness (QED) is 0.350. The number of carbonyl (C=O) groups excluding carboxylic acids is 2. The topological polar surface area (TPSA) is 83.1 Å². The summed E-state index contributed by atoms with van der Waals surface area (Å²) < 4.78 is 21.7. The molecule has 0 aliphatic rings. The van der Waals surface area contributed by atoms with Crippen LogP contribution >= 0.6 is 0 Å². The Morgan fingerprint density at radius 3 is 2.14 bits per heavy atom. The SMILES string of the molecule is CCOC(=O)[C@H](Cc1ccc(OCCc2ccc(NC(=O)Oc3ccccc3)cc2)cc1)OCC. The lowest BCUT2D eigenvalue weighted by Crippen LogP contribution is -2.28. The van der Waals surface area contributed by atoms with E-state index in [9.17, 15) is 9.59 Å². The Labute approximate surface area is 206 Å². The maximum atomic E-state index is 12.0. The minimum atomic E-state index is -0.607. The molecule has 1 amide bonds. The number of hydrogen-bond donors (Lipinski definition) is 1. The van der Waals surface area contributed by atoms with Gasteiger partial charge in [0.2, 0.25) is 0 Å². The zero-order chi connectivity index (χ0) is 24.9. The van der Waals surface area contributed by atoms with Crippen molar-refractivity contribution in [1.82, 2.24) is 0 Å². The Morgan fingerprint density at radius 1 is 0.800 bits per heavy atom. The fourth-order valence-corrected chi connectivity index (χ4v) is 3.36. The maximum absolute atomic E-state index is 12.0. The highest BCUT2D eigenvalue weighted by Gasteiger charge is 2.20. The van der Waals surface area contributed by atoms with Crippen molar-refractivity contribution in [3.8, 4) is 11.5 Å². The van der Waals surface area contributed by atoms with Gasteiger partial charge in [-0.3, -0.25) is 5.32 Å². The molecular weight excluding hydrogens is 446 g/mol. The van der Waals surface area contributed by atoms with Crippen molar-refractivity contribution in [3.63, 3.8) is 0 Å². The predicted molar refractivity (Wildman–Crippen MR) is 134 cm³/mol. The van der Waals surface area contributed by atoms with Crippen molar-refractivity contribution in [3.05, 3.63) is 90.0 Å². The maximum Gasteiger partial charge on any atom is 0.417 e. The molecule has 35 heavy (non-hydrogen) atoms. The van der Waals surface area contributed by atoms with Crippen LogP contribution in [0.25, 0.3) is 0 Å². The Hall–Kier alpha value is -3.84. The first kappa shape index (κ1) is 25.8. The first-order chi connectivity index (χ1) is 17.1. The van der Waals surface area contributed by atoms with Crippen LogP contribution in [0.2, 0.25) is 0 Å². The van der Waals surface area contributed by atoms with Gasteiger partial charge in [-0.25, -0.2) is 9.59 Å². The van der Waals surface area contributed by atoms with Crippen LogP contribution in [0.4, 0.5) is 10.5 Å². The molecule has 0 aromatic heterocycles. The minimum absolute atomic E-state index is 0.329. The molecule has 7 nitrogen and oxygen atoms in total. The highest BCUT2D eigenvalue weighted by atomic mass is 16.6. The lowest BCUT2D eigenvalue weighted by Gasteiger charge is -2.15. The average Bonchev–Trinajstić information content (AvgIpc) is 2.86. The summed E-state index contributed by atoms with van der Waals surface area (Å²) in [6, 6.07) is 24.1. The molecule has 0 radical (unpaired) electrons. The molecule has 7 heteroatoms. The number of ether oxygens (including phenoxy) is 4. The summed E-state index contributed by atoms with van der Waals surface area (Å²) in [5, 5.41) is 2.71. The summed E-state index contributed by atoms with van der Waals surface area (Å²) in [5.41, 5.74) is 2.70. The van der Waals surface area contributed by atoms with Crippen LogP contribution in [0.5, 0.6) is 11.5 Å². The number of nitrogens with one attached hydrogen (secondary N) is 1. The number of rotatable bonds is 12. The third-order valence-corrected chi connectivity index (χ3v) is 5.08. The van der Waals surface area contributed by atoms with E-state index in [4.69, 9.17) is 18.9 Å². The highest BCUT2D eigenvalue weighted by Crippen LogP contribution is 2.17. The molecule has 0 bridgehead atoms. The Bertz CT molecular complexity index is 1050. The number of amides is 1. The molecule has 0 aliphatic carbocycles. The molecular formula is C28H31NO6. The summed E-state index contributed by atoms with van der Waals surface area (Å²) in [4.78, 5) is 24.0. The molecule has 3 aromatic rings. The second-order valence-electron chi connectivity index (χ2n) is 7.67. The minimum Gasteiger partial charge on any atom is -0.493 e. The Morgan fingerprint density at radius 2 is 1.49 bits per heavy atom. The van der Waals surface area contributed by atoms with E-state index in [0.29, 0.717) is 44.1 Å². The lowest BCUT2D eigenvalue weighted by atomic mass is 10.1. The Balaban J connectivity index is 1.42. The van der Waals surface area contributed by atoms with Crippen LogP contribution in [-0.4, -0.2) is 38.0 Å². The van der Waals surface area contributed by atoms with Crippen molar-refractivity contribution in [2.24, 2.45) is 0 Å². The molecule has 0 fully saturated rings. The van der Waals surface area contributed by atoms with Crippen molar-refractivity contribution >= 4 is 17.7 Å². The van der Waals surface area contributed by atoms with E-state index in [1.165, 1.54) is 0 Å². The molecule has 0 saturated carbocycles. The van der Waals surface area contributed by atoms with Gasteiger partial charge in [0.05, 0.1) is 13.2 Å². The molecule has 3 aromatic carbocycles. The van der Waals surface area contributed by atoms with Gasteiger partial charge in [-0.05, 0) is 61.4 Å². The number of hydrogen-bond acceptors (Lipinski definition) is 6. The van der Waals surface area contributed by atoms with Gasteiger partial charge in [-0.1, -0.05) is 42.5 Å². The normalized spacial score (nSPS) is 11.4. The molecule has 1 atom stereocenters. The first-order valence-corrected chi connectivity index (χ1v) is 11.7. The lowest BCUT2D eigenvalue weighted by molar-refractivity contribution is -0.156. The second-order valence-corrected chi connectivity index (χ2v) is 7.67. The number of para-hydroxylation sites is 1. The zero-order valence-electron chi connectivity index (χ0n) is 20.1. The third-order valence-electron chi connectivity index (χ3n) is 5.08. The molecule has 1 N–H and O–H groups in total. The molecule has 0 unspecified atom stereocenters. The predicted octanol–water partition coefficient (Wildman–Crippen LogP) is 5.43. The molecule has 3 rings (SSSR count). The number of esters is 1. The van der Waals surface area contributed by atoms with Gasteiger partial charge in [0.25, 0.3) is 0 Å². The van der Waals surface area contributed by atoms with Crippen molar-refractivity contribution in [2.45, 2.75) is 32.8 Å². The molecule has 0 saturated heterocycles. The standard InChI is InChI=1S/C28H31NO6/c1-3-32-26(27(30)33-4-2)20-22-12-16-24(17-13-22)34-19-18-21-10-14-23(15-11-21)29-28(31)35-25-8-6-5-7-9-25/h5-17,26H,3-4,18-20H2,1-2H3,(H,29,31)/t26-/m0/s1. The van der Waals surface area contributed by atoms with Crippen molar-refractivity contribution < 1.29 is 28.5 Å². The molecule has 0 spiro atoms. The van der Waals surface area contributed by atoms with E-state index in [1.807, 2.05) is 61.5 Å². The van der Waals surface area contributed by atoms with Gasteiger partial charge < -0.3 is 18.9 Å². The van der Waals surface area contributed by atoms with Crippen LogP contribution in [0.15, 0.2) is 78.9 Å². The van der Waals surface area contributed by atoms with Gasteiger partial charge in [-0.2, -0.15) is 0 Å². The third kappa shape index (κ3) is 8.79. The monoisotopic (exact) mass is 477 g/mol.